The summed E-state index contributed by atoms with van der Waals surface area (Å²) in [6.07, 6.45) is 1.89. The van der Waals surface area contributed by atoms with E-state index < -0.39 is 5.41 Å². The Morgan fingerprint density at radius 3 is 2.69 bits per heavy atom. The van der Waals surface area contributed by atoms with Crippen LogP contribution in [0.5, 0.6) is 11.5 Å². The normalized spacial score (nSPS) is 19.2. The molecule has 16 heavy (non-hydrogen) atoms. The Kier molecular flexibility index (Phi) is 1.80. The van der Waals surface area contributed by atoms with E-state index in [1.54, 1.807) is 12.1 Å². The quantitative estimate of drug-likeness (QED) is 0.565. The highest BCUT2D eigenvalue weighted by Gasteiger charge is 2.51. The van der Waals surface area contributed by atoms with E-state index in [0.717, 1.165) is 18.4 Å². The van der Waals surface area contributed by atoms with Crippen molar-refractivity contribution in [2.45, 2.75) is 18.3 Å². The number of rotatable bonds is 3. The standard InChI is InChI=1S/C12H10O4/c13-6-11(14)12(3-4-12)8-1-2-9-10(5-8)16-7-15-9/h1-2,5-6H,3-4,7H2. The van der Waals surface area contributed by atoms with Gasteiger partial charge in [0.05, 0.1) is 5.41 Å². The van der Waals surface area contributed by atoms with Crippen molar-refractivity contribution in [2.24, 2.45) is 0 Å². The van der Waals surface area contributed by atoms with Gasteiger partial charge in [0.15, 0.2) is 17.8 Å². The molecular formula is C12H10O4. The molecule has 0 atom stereocenters. The van der Waals surface area contributed by atoms with Gasteiger partial charge in [0.2, 0.25) is 12.6 Å². The van der Waals surface area contributed by atoms with Gasteiger partial charge in [-0.15, -0.1) is 0 Å². The molecule has 1 aromatic carbocycles. The average molecular weight is 218 g/mol. The van der Waals surface area contributed by atoms with E-state index in [1.807, 2.05) is 6.07 Å². The molecule has 0 aromatic heterocycles. The number of hydrogen-bond acceptors (Lipinski definition) is 4. The third-order valence-corrected chi connectivity index (χ3v) is 3.25. The first-order valence-electron chi connectivity index (χ1n) is 5.16. The van der Waals surface area contributed by atoms with E-state index in [2.05, 4.69) is 0 Å². The molecule has 1 fully saturated rings. The molecule has 0 amide bonds. The monoisotopic (exact) mass is 218 g/mol. The van der Waals surface area contributed by atoms with Crippen LogP contribution in [0, 0.1) is 0 Å². The van der Waals surface area contributed by atoms with Crippen molar-refractivity contribution in [3.05, 3.63) is 23.8 Å². The lowest BCUT2D eigenvalue weighted by Gasteiger charge is -2.11. The molecule has 1 saturated carbocycles. The number of aldehydes is 1. The van der Waals surface area contributed by atoms with Gasteiger partial charge >= 0.3 is 0 Å². The molecule has 4 heteroatoms. The van der Waals surface area contributed by atoms with E-state index in [1.165, 1.54) is 0 Å². The van der Waals surface area contributed by atoms with Crippen LogP contribution in [0.25, 0.3) is 0 Å². The highest BCUT2D eigenvalue weighted by Crippen LogP contribution is 2.50. The maximum absolute atomic E-state index is 11.6. The topological polar surface area (TPSA) is 52.6 Å². The van der Waals surface area contributed by atoms with Gasteiger partial charge in [-0.2, -0.15) is 0 Å². The van der Waals surface area contributed by atoms with E-state index >= 15 is 0 Å². The van der Waals surface area contributed by atoms with Crippen LogP contribution in [0.3, 0.4) is 0 Å². The molecule has 3 rings (SSSR count). The molecule has 0 N–H and O–H groups in total. The summed E-state index contributed by atoms with van der Waals surface area (Å²) in [6.45, 7) is 0.216. The summed E-state index contributed by atoms with van der Waals surface area (Å²) in [6, 6.07) is 5.43. The first-order valence-corrected chi connectivity index (χ1v) is 5.16. The number of Topliss-reactive ketones (excluding diaryl/α,β-unsaturated/α-hetero) is 1. The largest absolute Gasteiger partial charge is 0.454 e. The first-order chi connectivity index (χ1) is 7.76. The molecule has 4 nitrogen and oxygen atoms in total. The maximum atomic E-state index is 11.6. The number of carbonyl (C=O) groups excluding carboxylic acids is 2. The predicted octanol–water partition coefficient (Wildman–Crippen LogP) is 1.21. The van der Waals surface area contributed by atoms with Gasteiger partial charge < -0.3 is 9.47 Å². The molecule has 0 saturated heterocycles. The van der Waals surface area contributed by atoms with Gasteiger partial charge in [-0.3, -0.25) is 9.59 Å². The van der Waals surface area contributed by atoms with Crippen molar-refractivity contribution in [2.75, 3.05) is 6.79 Å². The summed E-state index contributed by atoms with van der Waals surface area (Å²) in [4.78, 5) is 22.1. The van der Waals surface area contributed by atoms with Crippen LogP contribution in [-0.4, -0.2) is 18.9 Å². The zero-order chi connectivity index (χ0) is 11.2. The fraction of sp³-hybridized carbons (Fsp3) is 0.333. The Labute approximate surface area is 92.2 Å². The van der Waals surface area contributed by atoms with Crippen LogP contribution in [0.2, 0.25) is 0 Å². The Balaban J connectivity index is 2.01. The van der Waals surface area contributed by atoms with Gasteiger partial charge in [0.25, 0.3) is 0 Å². The fourth-order valence-corrected chi connectivity index (χ4v) is 2.11. The number of benzene rings is 1. The summed E-state index contributed by atoms with van der Waals surface area (Å²) < 4.78 is 10.5. The first kappa shape index (κ1) is 9.39. The van der Waals surface area contributed by atoms with Crippen molar-refractivity contribution >= 4 is 12.1 Å². The zero-order valence-electron chi connectivity index (χ0n) is 8.56. The van der Waals surface area contributed by atoms with Crippen molar-refractivity contribution in [3.8, 4) is 11.5 Å². The van der Waals surface area contributed by atoms with E-state index in [9.17, 15) is 9.59 Å². The van der Waals surface area contributed by atoms with Crippen molar-refractivity contribution in [1.82, 2.24) is 0 Å². The highest BCUT2D eigenvalue weighted by atomic mass is 16.7. The van der Waals surface area contributed by atoms with Crippen molar-refractivity contribution in [3.63, 3.8) is 0 Å². The second kappa shape index (κ2) is 3.07. The van der Waals surface area contributed by atoms with Crippen LogP contribution in [0.1, 0.15) is 18.4 Å². The Morgan fingerprint density at radius 2 is 2.00 bits per heavy atom. The summed E-state index contributed by atoms with van der Waals surface area (Å²) >= 11 is 0. The van der Waals surface area contributed by atoms with E-state index in [0.29, 0.717) is 17.8 Å². The molecule has 1 heterocycles. The highest BCUT2D eigenvalue weighted by molar-refractivity contribution is 6.30. The summed E-state index contributed by atoms with van der Waals surface area (Å²) in [7, 11) is 0. The number of ketones is 1. The fourth-order valence-electron chi connectivity index (χ4n) is 2.11. The number of carbonyl (C=O) groups is 2. The van der Waals surface area contributed by atoms with Gasteiger partial charge in [-0.05, 0) is 30.5 Å². The molecular weight excluding hydrogens is 208 g/mol. The minimum atomic E-state index is -0.581. The lowest BCUT2D eigenvalue weighted by Crippen LogP contribution is -2.21. The Bertz CT molecular complexity index is 474. The lowest BCUT2D eigenvalue weighted by molar-refractivity contribution is -0.131. The predicted molar refractivity (Wildman–Crippen MR) is 54.5 cm³/mol. The molecule has 0 radical (unpaired) electrons. The molecule has 1 aliphatic carbocycles. The average Bonchev–Trinajstić information content (AvgIpc) is 3.00. The Hall–Kier alpha value is -1.84. The SMILES string of the molecule is O=CC(=O)C1(c2ccc3c(c2)OCO3)CC1. The van der Waals surface area contributed by atoms with Crippen LogP contribution >= 0.6 is 0 Å². The smallest absolute Gasteiger partial charge is 0.231 e. The summed E-state index contributed by atoms with van der Waals surface area (Å²) in [5.41, 5.74) is 0.275. The molecule has 82 valence electrons. The second-order valence-corrected chi connectivity index (χ2v) is 4.13. The number of ether oxygens (including phenoxy) is 2. The van der Waals surface area contributed by atoms with Crippen LogP contribution < -0.4 is 9.47 Å². The summed E-state index contributed by atoms with van der Waals surface area (Å²) in [5, 5.41) is 0. The lowest BCUT2D eigenvalue weighted by atomic mass is 9.91. The molecule has 0 bridgehead atoms. The van der Waals surface area contributed by atoms with Crippen molar-refractivity contribution < 1.29 is 19.1 Å². The number of hydrogen-bond donors (Lipinski definition) is 0. The summed E-state index contributed by atoms with van der Waals surface area (Å²) in [5.74, 6) is 1.01. The van der Waals surface area contributed by atoms with E-state index in [-0.39, 0.29) is 12.6 Å². The van der Waals surface area contributed by atoms with E-state index in [4.69, 9.17) is 9.47 Å². The van der Waals surface area contributed by atoms with Gasteiger partial charge in [0.1, 0.15) is 0 Å². The third kappa shape index (κ3) is 1.16. The van der Waals surface area contributed by atoms with Crippen LogP contribution in [0.15, 0.2) is 18.2 Å². The minimum absolute atomic E-state index is 0.216. The molecule has 2 aliphatic rings. The third-order valence-electron chi connectivity index (χ3n) is 3.25. The Morgan fingerprint density at radius 1 is 1.25 bits per heavy atom. The minimum Gasteiger partial charge on any atom is -0.454 e. The molecule has 1 aliphatic heterocycles. The van der Waals surface area contributed by atoms with Crippen LogP contribution in [-0.2, 0) is 15.0 Å². The second-order valence-electron chi connectivity index (χ2n) is 4.13. The van der Waals surface area contributed by atoms with Gasteiger partial charge in [-0.1, -0.05) is 6.07 Å². The molecule has 0 unspecified atom stereocenters. The zero-order valence-corrected chi connectivity index (χ0v) is 8.56. The van der Waals surface area contributed by atoms with Crippen molar-refractivity contribution in [1.29, 1.82) is 0 Å². The number of fused-ring (bicyclic) bond motifs is 1. The van der Waals surface area contributed by atoms with Gasteiger partial charge in [0, 0.05) is 0 Å². The molecule has 0 spiro atoms. The van der Waals surface area contributed by atoms with Crippen LogP contribution in [0.4, 0.5) is 0 Å². The van der Waals surface area contributed by atoms with Gasteiger partial charge in [-0.25, -0.2) is 0 Å². The molecule has 1 aromatic rings. The maximum Gasteiger partial charge on any atom is 0.231 e.